The summed E-state index contributed by atoms with van der Waals surface area (Å²) in [6.45, 7) is 1.19. The predicted octanol–water partition coefficient (Wildman–Crippen LogP) is 5.02. The van der Waals surface area contributed by atoms with Crippen molar-refractivity contribution in [2.24, 2.45) is 0 Å². The van der Waals surface area contributed by atoms with Gasteiger partial charge in [0.1, 0.15) is 17.6 Å². The number of hydrogen-bond donors (Lipinski definition) is 3. The van der Waals surface area contributed by atoms with Gasteiger partial charge in [-0.05, 0) is 49.3 Å². The summed E-state index contributed by atoms with van der Waals surface area (Å²) in [7, 11) is 0. The number of anilines is 1. The molecule has 1 fully saturated rings. The van der Waals surface area contributed by atoms with Crippen molar-refractivity contribution in [1.29, 1.82) is 0 Å². The number of carbonyl (C=O) groups is 1. The van der Waals surface area contributed by atoms with Crippen molar-refractivity contribution in [1.82, 2.24) is 10.6 Å². The fraction of sp³-hybridized carbons (Fsp3) is 0.455. The van der Waals surface area contributed by atoms with Crippen molar-refractivity contribution in [2.75, 3.05) is 5.32 Å². The van der Waals surface area contributed by atoms with E-state index in [-0.39, 0.29) is 29.4 Å². The molecule has 0 spiro atoms. The summed E-state index contributed by atoms with van der Waals surface area (Å²) in [6.07, 6.45) is -5.64. The van der Waals surface area contributed by atoms with Crippen molar-refractivity contribution in [3.05, 3.63) is 47.9 Å². The van der Waals surface area contributed by atoms with Gasteiger partial charge < -0.3 is 30.2 Å². The van der Waals surface area contributed by atoms with E-state index < -0.39 is 30.4 Å². The van der Waals surface area contributed by atoms with Crippen LogP contribution in [0.25, 0.3) is 0 Å². The van der Waals surface area contributed by atoms with Crippen LogP contribution in [0.3, 0.4) is 0 Å². The van der Waals surface area contributed by atoms with Gasteiger partial charge in [0.15, 0.2) is 5.11 Å². The second-order valence-electron chi connectivity index (χ2n) is 8.13. The van der Waals surface area contributed by atoms with Gasteiger partial charge in [-0.15, -0.1) is 26.3 Å². The third-order valence-corrected chi connectivity index (χ3v) is 5.38. The molecule has 0 saturated heterocycles. The Morgan fingerprint density at radius 3 is 2.42 bits per heavy atom. The fourth-order valence-electron chi connectivity index (χ4n) is 3.87. The molecule has 1 saturated carbocycles. The van der Waals surface area contributed by atoms with Crippen LogP contribution >= 0.6 is 12.2 Å². The molecule has 3 unspecified atom stereocenters. The van der Waals surface area contributed by atoms with E-state index in [0.717, 1.165) is 18.2 Å². The number of rotatable bonds is 7. The zero-order chi connectivity index (χ0) is 26.5. The van der Waals surface area contributed by atoms with Crippen LogP contribution in [0.1, 0.15) is 32.6 Å². The minimum absolute atomic E-state index is 0.00755. The Balaban J connectivity index is 1.52. The summed E-state index contributed by atoms with van der Waals surface area (Å²) in [5, 5.41) is 8.50. The first-order chi connectivity index (χ1) is 16.8. The van der Waals surface area contributed by atoms with Crippen LogP contribution in [0.15, 0.2) is 47.9 Å². The number of allylic oxidation sites excluding steroid dienone is 2. The maximum atomic E-state index is 12.6. The lowest BCUT2D eigenvalue weighted by Gasteiger charge is -2.27. The summed E-state index contributed by atoms with van der Waals surface area (Å²) >= 11 is 5.25. The second kappa shape index (κ2) is 11.3. The molecule has 3 atom stereocenters. The van der Waals surface area contributed by atoms with Crippen molar-refractivity contribution in [3.8, 4) is 5.75 Å². The maximum absolute atomic E-state index is 12.6. The molecule has 3 N–H and O–H groups in total. The van der Waals surface area contributed by atoms with Gasteiger partial charge in [0.2, 0.25) is 5.91 Å². The Labute approximate surface area is 207 Å². The quantitative estimate of drug-likeness (QED) is 0.332. The van der Waals surface area contributed by atoms with Crippen molar-refractivity contribution in [3.63, 3.8) is 0 Å². The van der Waals surface area contributed by atoms with Gasteiger partial charge in [-0.3, -0.25) is 4.79 Å². The van der Waals surface area contributed by atoms with Crippen LogP contribution in [0.2, 0.25) is 0 Å². The highest BCUT2D eigenvalue weighted by Gasteiger charge is 2.37. The van der Waals surface area contributed by atoms with Crippen molar-refractivity contribution < 1.29 is 45.3 Å². The standard InChI is InChI=1S/C22H23F6N3O4S/c1-12(32)29-18-11-16(7-8-19(18)35-22(26,27)28)33-15-6-5-14(9-15)31-20(36)30-13-3-2-4-17(10-13)34-21(23,24)25/h2-4,7-8,10,14-15,18H,5-6,9,11H2,1H3,(H,29,32)(H2,30,31,36). The van der Waals surface area contributed by atoms with Gasteiger partial charge in [-0.1, -0.05) is 6.07 Å². The van der Waals surface area contributed by atoms with E-state index in [1.807, 2.05) is 0 Å². The van der Waals surface area contributed by atoms with E-state index in [4.69, 9.17) is 17.0 Å². The summed E-state index contributed by atoms with van der Waals surface area (Å²) in [6, 6.07) is 4.12. The van der Waals surface area contributed by atoms with E-state index in [9.17, 15) is 31.1 Å². The third-order valence-electron chi connectivity index (χ3n) is 5.16. The van der Waals surface area contributed by atoms with Crippen LogP contribution in [0.4, 0.5) is 32.0 Å². The monoisotopic (exact) mass is 539 g/mol. The largest absolute Gasteiger partial charge is 0.573 e. The Hall–Kier alpha value is -3.16. The molecule has 2 aliphatic rings. The number of halogens is 6. The molecule has 14 heteroatoms. The molecule has 0 radical (unpaired) electrons. The molecule has 0 aromatic heterocycles. The lowest BCUT2D eigenvalue weighted by atomic mass is 10.0. The Morgan fingerprint density at radius 2 is 1.75 bits per heavy atom. The minimum Gasteiger partial charge on any atom is -0.495 e. The molecule has 36 heavy (non-hydrogen) atoms. The Morgan fingerprint density at radius 1 is 1.03 bits per heavy atom. The summed E-state index contributed by atoms with van der Waals surface area (Å²) in [5.41, 5.74) is 0.306. The molecule has 2 aliphatic carbocycles. The van der Waals surface area contributed by atoms with Crippen molar-refractivity contribution >= 4 is 28.9 Å². The number of alkyl halides is 6. The van der Waals surface area contributed by atoms with Crippen LogP contribution < -0.4 is 20.7 Å². The van der Waals surface area contributed by atoms with Gasteiger partial charge in [0, 0.05) is 37.6 Å². The lowest BCUT2D eigenvalue weighted by molar-refractivity contribution is -0.307. The predicted molar refractivity (Wildman–Crippen MR) is 121 cm³/mol. The summed E-state index contributed by atoms with van der Waals surface area (Å²) in [5.74, 6) is -0.936. The second-order valence-corrected chi connectivity index (χ2v) is 8.54. The normalized spacial score (nSPS) is 22.1. The van der Waals surface area contributed by atoms with E-state index in [2.05, 4.69) is 25.4 Å². The van der Waals surface area contributed by atoms with Gasteiger partial charge >= 0.3 is 12.7 Å². The number of ether oxygens (including phenoxy) is 3. The minimum atomic E-state index is -4.89. The molecule has 3 rings (SSSR count). The van der Waals surface area contributed by atoms with E-state index in [1.165, 1.54) is 25.1 Å². The molecule has 1 amide bonds. The summed E-state index contributed by atoms with van der Waals surface area (Å²) < 4.78 is 89.0. The average Bonchev–Trinajstić information content (AvgIpc) is 3.14. The molecular weight excluding hydrogens is 516 g/mol. The number of carbonyl (C=O) groups excluding carboxylic acids is 1. The lowest BCUT2D eigenvalue weighted by Crippen LogP contribution is -2.39. The van der Waals surface area contributed by atoms with Gasteiger partial charge in [-0.2, -0.15) is 0 Å². The highest BCUT2D eigenvalue weighted by molar-refractivity contribution is 7.80. The average molecular weight is 539 g/mol. The maximum Gasteiger partial charge on any atom is 0.573 e. The van der Waals surface area contributed by atoms with Gasteiger partial charge in [0.25, 0.3) is 0 Å². The number of hydrogen-bond acceptors (Lipinski definition) is 5. The SMILES string of the molecule is CC(=O)NC1CC(OC2CCC(NC(=S)Nc3cccc(OC(F)(F)F)c3)C2)=CC=C1OC(F)(F)F. The van der Waals surface area contributed by atoms with Gasteiger partial charge in [0.05, 0.1) is 11.8 Å². The molecule has 0 aliphatic heterocycles. The first kappa shape index (κ1) is 27.4. The molecule has 1 aromatic rings. The highest BCUT2D eigenvalue weighted by Crippen LogP contribution is 2.31. The smallest absolute Gasteiger partial charge is 0.495 e. The molecule has 7 nitrogen and oxygen atoms in total. The number of nitrogens with one attached hydrogen (secondary N) is 3. The summed E-state index contributed by atoms with van der Waals surface area (Å²) in [4.78, 5) is 11.4. The van der Waals surface area contributed by atoms with E-state index in [0.29, 0.717) is 30.7 Å². The molecule has 0 bridgehead atoms. The van der Waals surface area contributed by atoms with Crippen LogP contribution in [-0.2, 0) is 14.3 Å². The van der Waals surface area contributed by atoms with Gasteiger partial charge in [-0.25, -0.2) is 0 Å². The zero-order valence-corrected chi connectivity index (χ0v) is 19.7. The number of benzene rings is 1. The first-order valence-electron chi connectivity index (χ1n) is 10.8. The molecular formula is C22H23F6N3O4S. The number of thiocarbonyl (C=S) groups is 1. The highest BCUT2D eigenvalue weighted by atomic mass is 32.1. The Bertz CT molecular complexity index is 1030. The molecule has 198 valence electrons. The van der Waals surface area contributed by atoms with Crippen LogP contribution in [0.5, 0.6) is 5.75 Å². The van der Waals surface area contributed by atoms with Crippen molar-refractivity contribution in [2.45, 2.75) is 63.5 Å². The Kier molecular flexibility index (Phi) is 8.59. The van der Waals surface area contributed by atoms with Crippen LogP contribution in [-0.4, -0.2) is 41.9 Å². The van der Waals surface area contributed by atoms with Crippen LogP contribution in [0, 0.1) is 0 Å². The fourth-order valence-corrected chi connectivity index (χ4v) is 4.16. The first-order valence-corrected chi connectivity index (χ1v) is 11.2. The third kappa shape index (κ3) is 9.13. The van der Waals surface area contributed by atoms with E-state index in [1.54, 1.807) is 0 Å². The molecule has 0 heterocycles. The zero-order valence-electron chi connectivity index (χ0n) is 18.8. The topological polar surface area (TPSA) is 80.9 Å². The number of amides is 1. The molecule has 1 aromatic carbocycles. The van der Waals surface area contributed by atoms with E-state index >= 15 is 0 Å².